The van der Waals surface area contributed by atoms with Crippen molar-refractivity contribution in [1.29, 1.82) is 0 Å². The number of hydrogen-bond donors (Lipinski definition) is 4. The predicted octanol–water partition coefficient (Wildman–Crippen LogP) is 0.476. The maximum Gasteiger partial charge on any atom is 0.326 e. The Morgan fingerprint density at radius 3 is 2.00 bits per heavy atom. The molecule has 152 valence electrons. The Labute approximate surface area is 155 Å². The van der Waals surface area contributed by atoms with Crippen LogP contribution >= 0.6 is 0 Å². The largest absolute Gasteiger partial charge is 0.481 e. The topological polar surface area (TPSA) is 175 Å². The SMILES string of the molecule is C[C@@H](CCC(=O)N[C@H](CCC(=O)C[C@@H](CCC=O)C(=O)O)C(=O)O)C(=O)O. The molecule has 0 unspecified atom stereocenters. The van der Waals surface area contributed by atoms with E-state index in [1.54, 1.807) is 0 Å². The lowest BCUT2D eigenvalue weighted by atomic mass is 9.95. The van der Waals surface area contributed by atoms with Gasteiger partial charge in [-0.3, -0.25) is 19.2 Å². The first-order valence-electron chi connectivity index (χ1n) is 8.51. The average molecular weight is 387 g/mol. The molecule has 0 bridgehead atoms. The zero-order chi connectivity index (χ0) is 21.0. The van der Waals surface area contributed by atoms with Crippen LogP contribution in [0.5, 0.6) is 0 Å². The van der Waals surface area contributed by atoms with Crippen molar-refractivity contribution >= 4 is 35.9 Å². The van der Waals surface area contributed by atoms with E-state index in [9.17, 15) is 28.8 Å². The van der Waals surface area contributed by atoms with Gasteiger partial charge in [0.1, 0.15) is 18.1 Å². The quantitative estimate of drug-likeness (QED) is 0.291. The fourth-order valence-electron chi connectivity index (χ4n) is 2.26. The number of ketones is 1. The highest BCUT2D eigenvalue weighted by Gasteiger charge is 2.24. The molecule has 0 aliphatic rings. The smallest absolute Gasteiger partial charge is 0.326 e. The van der Waals surface area contributed by atoms with Gasteiger partial charge < -0.3 is 25.4 Å². The summed E-state index contributed by atoms with van der Waals surface area (Å²) < 4.78 is 0. The number of carboxylic acids is 3. The molecule has 10 heteroatoms. The summed E-state index contributed by atoms with van der Waals surface area (Å²) in [6.45, 7) is 1.42. The van der Waals surface area contributed by atoms with Crippen LogP contribution in [0.4, 0.5) is 0 Å². The van der Waals surface area contributed by atoms with Crippen LogP contribution in [0, 0.1) is 11.8 Å². The van der Waals surface area contributed by atoms with Crippen LogP contribution in [0.25, 0.3) is 0 Å². The number of aldehydes is 1. The number of Topliss-reactive ketones (excluding diaryl/α,β-unsaturated/α-hetero) is 1. The third-order valence-electron chi connectivity index (χ3n) is 4.03. The summed E-state index contributed by atoms with van der Waals surface area (Å²) in [5, 5.41) is 29.1. The molecule has 0 heterocycles. The Kier molecular flexibility index (Phi) is 11.3. The third-order valence-corrected chi connectivity index (χ3v) is 4.03. The molecule has 0 aromatic rings. The molecular weight excluding hydrogens is 362 g/mol. The first-order chi connectivity index (χ1) is 12.6. The second-order valence-corrected chi connectivity index (χ2v) is 6.30. The molecule has 3 atom stereocenters. The average Bonchev–Trinajstić information content (AvgIpc) is 2.59. The molecule has 0 aliphatic carbocycles. The number of nitrogens with one attached hydrogen (secondary N) is 1. The Morgan fingerprint density at radius 1 is 0.889 bits per heavy atom. The minimum atomic E-state index is -1.35. The molecular formula is C17H25NO9. The molecule has 0 rings (SSSR count). The van der Waals surface area contributed by atoms with E-state index in [1.807, 2.05) is 0 Å². The van der Waals surface area contributed by atoms with Crippen LogP contribution in [0.2, 0.25) is 0 Å². The monoisotopic (exact) mass is 387 g/mol. The van der Waals surface area contributed by atoms with Crippen molar-refractivity contribution in [2.45, 2.75) is 57.9 Å². The van der Waals surface area contributed by atoms with Gasteiger partial charge in [0.15, 0.2) is 0 Å². The van der Waals surface area contributed by atoms with E-state index in [4.69, 9.17) is 15.3 Å². The van der Waals surface area contributed by atoms with E-state index in [0.29, 0.717) is 6.29 Å². The van der Waals surface area contributed by atoms with Gasteiger partial charge in [-0.05, 0) is 19.3 Å². The lowest BCUT2D eigenvalue weighted by molar-refractivity contribution is -0.144. The summed E-state index contributed by atoms with van der Waals surface area (Å²) in [4.78, 5) is 66.9. The standard InChI is InChI=1S/C17H25NO9/c1-10(15(22)23)4-7-14(21)18-13(17(26)27)6-5-12(20)9-11(16(24)25)3-2-8-19/h8,10-11,13H,2-7,9H2,1H3,(H,18,21)(H,22,23)(H,24,25)(H,26,27)/t10-,11+,13+/m0/s1. The Morgan fingerprint density at radius 2 is 1.52 bits per heavy atom. The van der Waals surface area contributed by atoms with E-state index >= 15 is 0 Å². The molecule has 0 radical (unpaired) electrons. The third kappa shape index (κ3) is 10.7. The minimum Gasteiger partial charge on any atom is -0.481 e. The van der Waals surface area contributed by atoms with Crippen LogP contribution in [0.1, 0.15) is 51.9 Å². The number of hydrogen-bond acceptors (Lipinski definition) is 6. The number of aliphatic carboxylic acids is 3. The van der Waals surface area contributed by atoms with Crippen molar-refractivity contribution in [3.8, 4) is 0 Å². The van der Waals surface area contributed by atoms with E-state index in [0.717, 1.165) is 0 Å². The van der Waals surface area contributed by atoms with Crippen molar-refractivity contribution in [2.24, 2.45) is 11.8 Å². The summed E-state index contributed by atoms with van der Waals surface area (Å²) >= 11 is 0. The van der Waals surface area contributed by atoms with E-state index in [-0.39, 0.29) is 44.9 Å². The van der Waals surface area contributed by atoms with Crippen molar-refractivity contribution in [2.75, 3.05) is 0 Å². The van der Waals surface area contributed by atoms with Gasteiger partial charge in [0.2, 0.25) is 5.91 Å². The van der Waals surface area contributed by atoms with Crippen LogP contribution in [-0.2, 0) is 28.8 Å². The van der Waals surface area contributed by atoms with Gasteiger partial charge in [0, 0.05) is 25.7 Å². The van der Waals surface area contributed by atoms with Crippen LogP contribution in [0.15, 0.2) is 0 Å². The molecule has 0 aliphatic heterocycles. The van der Waals surface area contributed by atoms with Crippen molar-refractivity contribution in [3.05, 3.63) is 0 Å². The fourth-order valence-corrected chi connectivity index (χ4v) is 2.26. The number of rotatable bonds is 15. The second-order valence-electron chi connectivity index (χ2n) is 6.30. The number of carbonyl (C=O) groups is 6. The number of amides is 1. The van der Waals surface area contributed by atoms with Crippen molar-refractivity contribution in [3.63, 3.8) is 0 Å². The fraction of sp³-hybridized carbons (Fsp3) is 0.647. The molecule has 0 aromatic heterocycles. The molecule has 10 nitrogen and oxygen atoms in total. The molecule has 0 aromatic carbocycles. The molecule has 0 spiro atoms. The van der Waals surface area contributed by atoms with Gasteiger partial charge in [-0.2, -0.15) is 0 Å². The lowest BCUT2D eigenvalue weighted by Crippen LogP contribution is -2.41. The highest BCUT2D eigenvalue weighted by Crippen LogP contribution is 2.14. The lowest BCUT2D eigenvalue weighted by Gasteiger charge is -2.15. The Balaban J connectivity index is 4.52. The summed E-state index contributed by atoms with van der Waals surface area (Å²) in [5.41, 5.74) is 0. The van der Waals surface area contributed by atoms with Crippen LogP contribution in [0.3, 0.4) is 0 Å². The summed E-state index contributed by atoms with van der Waals surface area (Å²) in [6, 6.07) is -1.33. The highest BCUT2D eigenvalue weighted by atomic mass is 16.4. The molecule has 1 amide bonds. The van der Waals surface area contributed by atoms with Gasteiger partial charge in [0.05, 0.1) is 11.8 Å². The van der Waals surface area contributed by atoms with E-state index in [1.165, 1.54) is 6.92 Å². The maximum absolute atomic E-state index is 11.9. The second kappa shape index (κ2) is 12.6. The summed E-state index contributed by atoms with van der Waals surface area (Å²) in [7, 11) is 0. The number of carboxylic acid groups (broad SMARTS) is 3. The Bertz CT molecular complexity index is 573. The van der Waals surface area contributed by atoms with E-state index in [2.05, 4.69) is 5.32 Å². The van der Waals surface area contributed by atoms with Gasteiger partial charge in [-0.25, -0.2) is 4.79 Å². The molecule has 4 N–H and O–H groups in total. The normalized spacial score (nSPS) is 13.8. The maximum atomic E-state index is 11.9. The van der Waals surface area contributed by atoms with Crippen molar-refractivity contribution in [1.82, 2.24) is 5.32 Å². The first kappa shape index (κ1) is 24.2. The predicted molar refractivity (Wildman–Crippen MR) is 90.9 cm³/mol. The zero-order valence-electron chi connectivity index (χ0n) is 15.1. The van der Waals surface area contributed by atoms with Gasteiger partial charge in [-0.1, -0.05) is 6.92 Å². The number of carbonyl (C=O) groups excluding carboxylic acids is 3. The highest BCUT2D eigenvalue weighted by molar-refractivity contribution is 5.86. The molecule has 0 saturated heterocycles. The van der Waals surface area contributed by atoms with E-state index < -0.39 is 47.5 Å². The summed E-state index contributed by atoms with van der Waals surface area (Å²) in [5.74, 6) is -6.51. The first-order valence-corrected chi connectivity index (χ1v) is 8.51. The molecule has 0 saturated carbocycles. The Hall–Kier alpha value is -2.78. The molecule has 27 heavy (non-hydrogen) atoms. The van der Waals surface area contributed by atoms with Crippen LogP contribution in [-0.4, -0.2) is 57.2 Å². The van der Waals surface area contributed by atoms with Gasteiger partial charge >= 0.3 is 17.9 Å². The van der Waals surface area contributed by atoms with Crippen LogP contribution < -0.4 is 5.32 Å². The van der Waals surface area contributed by atoms with Gasteiger partial charge in [-0.15, -0.1) is 0 Å². The minimum absolute atomic E-state index is 0.00677. The van der Waals surface area contributed by atoms with Crippen molar-refractivity contribution < 1.29 is 44.1 Å². The van der Waals surface area contributed by atoms with Gasteiger partial charge in [0.25, 0.3) is 0 Å². The zero-order valence-corrected chi connectivity index (χ0v) is 15.1. The summed E-state index contributed by atoms with van der Waals surface area (Å²) in [6.07, 6.45) is -0.317. The molecule has 0 fully saturated rings.